The largest absolute Gasteiger partial charge is 0.319 e. The van der Waals surface area contributed by atoms with Gasteiger partial charge in [0.25, 0.3) is 0 Å². The van der Waals surface area contributed by atoms with Crippen molar-refractivity contribution < 1.29 is 0 Å². The van der Waals surface area contributed by atoms with Gasteiger partial charge < -0.3 is 5.32 Å². The lowest BCUT2D eigenvalue weighted by atomic mass is 9.78. The van der Waals surface area contributed by atoms with Gasteiger partial charge in [0.15, 0.2) is 0 Å². The van der Waals surface area contributed by atoms with Crippen LogP contribution in [0.15, 0.2) is 0 Å². The Morgan fingerprint density at radius 1 is 1.23 bits per heavy atom. The van der Waals surface area contributed by atoms with Crippen molar-refractivity contribution in [1.82, 2.24) is 10.2 Å². The molecule has 2 bridgehead atoms. The highest BCUT2D eigenvalue weighted by molar-refractivity contribution is 5.03. The van der Waals surface area contributed by atoms with E-state index in [9.17, 15) is 0 Å². The van der Waals surface area contributed by atoms with Crippen LogP contribution in [-0.4, -0.2) is 37.1 Å². The first kappa shape index (κ1) is 9.47. The lowest BCUT2D eigenvalue weighted by Gasteiger charge is -2.38. The van der Waals surface area contributed by atoms with E-state index in [0.717, 1.165) is 29.8 Å². The zero-order valence-electron chi connectivity index (χ0n) is 9.25. The summed E-state index contributed by atoms with van der Waals surface area (Å²) in [6.45, 7) is 9.74. The van der Waals surface area contributed by atoms with E-state index in [2.05, 4.69) is 38.0 Å². The van der Waals surface area contributed by atoms with Crippen LogP contribution in [-0.2, 0) is 0 Å². The summed E-state index contributed by atoms with van der Waals surface area (Å²) < 4.78 is 0. The molecule has 2 heterocycles. The summed E-state index contributed by atoms with van der Waals surface area (Å²) in [4.78, 5) is 2.69. The van der Waals surface area contributed by atoms with Crippen LogP contribution in [0.3, 0.4) is 0 Å². The molecule has 2 heteroatoms. The van der Waals surface area contributed by atoms with Gasteiger partial charge in [-0.2, -0.15) is 0 Å². The van der Waals surface area contributed by atoms with E-state index in [1.807, 2.05) is 0 Å². The first-order valence-electron chi connectivity index (χ1n) is 5.57. The van der Waals surface area contributed by atoms with E-state index in [4.69, 9.17) is 0 Å². The van der Waals surface area contributed by atoms with Crippen LogP contribution in [0, 0.1) is 17.8 Å². The topological polar surface area (TPSA) is 15.3 Å². The fourth-order valence-electron chi connectivity index (χ4n) is 3.46. The van der Waals surface area contributed by atoms with Crippen molar-refractivity contribution in [2.75, 3.05) is 20.1 Å². The van der Waals surface area contributed by atoms with Gasteiger partial charge in [0.2, 0.25) is 0 Å². The van der Waals surface area contributed by atoms with Crippen LogP contribution in [0.25, 0.3) is 0 Å². The van der Waals surface area contributed by atoms with Crippen molar-refractivity contribution in [3.63, 3.8) is 0 Å². The molecular weight excluding hydrogens is 160 g/mol. The number of nitrogens with zero attached hydrogens (tertiary/aromatic N) is 1. The molecule has 0 spiro atoms. The molecule has 1 N–H and O–H groups in total. The summed E-state index contributed by atoms with van der Waals surface area (Å²) in [6, 6.07) is 1.61. The van der Waals surface area contributed by atoms with E-state index in [-0.39, 0.29) is 0 Å². The Balaban J connectivity index is 2.10. The van der Waals surface area contributed by atoms with Gasteiger partial charge >= 0.3 is 0 Å². The van der Waals surface area contributed by atoms with Crippen LogP contribution in [0.5, 0.6) is 0 Å². The predicted molar refractivity (Wildman–Crippen MR) is 55.7 cm³/mol. The lowest BCUT2D eigenvalue weighted by Crippen LogP contribution is -2.45. The third-order valence-corrected chi connectivity index (χ3v) is 4.51. The van der Waals surface area contributed by atoms with Gasteiger partial charge in [0.05, 0.1) is 0 Å². The zero-order chi connectivity index (χ0) is 9.59. The first-order valence-corrected chi connectivity index (χ1v) is 5.57. The Labute approximate surface area is 81.7 Å². The highest BCUT2D eigenvalue weighted by Gasteiger charge is 2.50. The predicted octanol–water partition coefficient (Wildman–Crippen LogP) is 1.18. The standard InChI is InChI=1S/C11H22N2/c1-7-8(2)13-6-11(7)10(5-12-4)9(13)3/h7-12H,5-6H2,1-4H3. The normalized spacial score (nSPS) is 54.5. The van der Waals surface area contributed by atoms with Crippen LogP contribution in [0.1, 0.15) is 20.8 Å². The SMILES string of the molecule is CNCC1C2CN(C(C)C2C)C1C. The second-order valence-corrected chi connectivity index (χ2v) is 4.92. The van der Waals surface area contributed by atoms with Gasteiger partial charge in [-0.1, -0.05) is 6.92 Å². The molecule has 6 unspecified atom stereocenters. The van der Waals surface area contributed by atoms with E-state index in [1.54, 1.807) is 0 Å². The Morgan fingerprint density at radius 3 is 2.46 bits per heavy atom. The summed E-state index contributed by atoms with van der Waals surface area (Å²) >= 11 is 0. The highest BCUT2D eigenvalue weighted by atomic mass is 15.3. The molecule has 0 amide bonds. The Morgan fingerprint density at radius 2 is 1.92 bits per heavy atom. The highest BCUT2D eigenvalue weighted by Crippen LogP contribution is 2.45. The molecule has 76 valence electrons. The number of rotatable bonds is 2. The summed E-state index contributed by atoms with van der Waals surface area (Å²) in [7, 11) is 2.07. The van der Waals surface area contributed by atoms with Gasteiger partial charge in [-0.15, -0.1) is 0 Å². The maximum absolute atomic E-state index is 3.33. The number of nitrogens with one attached hydrogen (secondary N) is 1. The van der Waals surface area contributed by atoms with E-state index >= 15 is 0 Å². The quantitative estimate of drug-likeness (QED) is 0.690. The minimum Gasteiger partial charge on any atom is -0.319 e. The monoisotopic (exact) mass is 182 g/mol. The summed E-state index contributed by atoms with van der Waals surface area (Å²) in [5.41, 5.74) is 0. The summed E-state index contributed by atoms with van der Waals surface area (Å²) in [5, 5.41) is 3.33. The van der Waals surface area contributed by atoms with Gasteiger partial charge in [-0.3, -0.25) is 4.90 Å². The molecular formula is C11H22N2. The molecule has 0 aromatic rings. The fourth-order valence-corrected chi connectivity index (χ4v) is 3.46. The van der Waals surface area contributed by atoms with Crippen molar-refractivity contribution >= 4 is 0 Å². The summed E-state index contributed by atoms with van der Waals surface area (Å²) in [5.74, 6) is 2.73. The van der Waals surface area contributed by atoms with E-state index < -0.39 is 0 Å². The summed E-state index contributed by atoms with van der Waals surface area (Å²) in [6.07, 6.45) is 0. The van der Waals surface area contributed by atoms with Crippen LogP contribution in [0.2, 0.25) is 0 Å². The lowest BCUT2D eigenvalue weighted by molar-refractivity contribution is 0.117. The molecule has 2 saturated heterocycles. The van der Waals surface area contributed by atoms with Crippen LogP contribution >= 0.6 is 0 Å². The molecule has 2 aliphatic heterocycles. The number of hydrogen-bond acceptors (Lipinski definition) is 2. The Bertz CT molecular complexity index is 193. The van der Waals surface area contributed by atoms with Gasteiger partial charge in [0.1, 0.15) is 0 Å². The van der Waals surface area contributed by atoms with Crippen molar-refractivity contribution in [1.29, 1.82) is 0 Å². The van der Waals surface area contributed by atoms with Crippen LogP contribution < -0.4 is 5.32 Å². The second-order valence-electron chi connectivity index (χ2n) is 4.92. The molecule has 0 radical (unpaired) electrons. The smallest absolute Gasteiger partial charge is 0.0114 e. The van der Waals surface area contributed by atoms with Crippen molar-refractivity contribution in [3.05, 3.63) is 0 Å². The number of piperidine rings is 1. The molecule has 2 aliphatic rings. The van der Waals surface area contributed by atoms with Gasteiger partial charge in [0, 0.05) is 18.6 Å². The average molecular weight is 182 g/mol. The molecule has 13 heavy (non-hydrogen) atoms. The first-order chi connectivity index (χ1) is 6.16. The molecule has 2 fully saturated rings. The molecule has 0 aromatic heterocycles. The van der Waals surface area contributed by atoms with Crippen molar-refractivity contribution in [2.24, 2.45) is 17.8 Å². The van der Waals surface area contributed by atoms with E-state index in [1.165, 1.54) is 13.1 Å². The molecule has 0 aromatic carbocycles. The van der Waals surface area contributed by atoms with E-state index in [0.29, 0.717) is 0 Å². The fraction of sp³-hybridized carbons (Fsp3) is 1.00. The molecule has 6 atom stereocenters. The average Bonchev–Trinajstić information content (AvgIpc) is 2.55. The van der Waals surface area contributed by atoms with Gasteiger partial charge in [-0.05, 0) is 45.2 Å². The third-order valence-electron chi connectivity index (χ3n) is 4.51. The minimum atomic E-state index is 0.795. The maximum atomic E-state index is 3.33. The number of hydrogen-bond donors (Lipinski definition) is 1. The molecule has 0 aliphatic carbocycles. The van der Waals surface area contributed by atoms with Gasteiger partial charge in [-0.25, -0.2) is 0 Å². The maximum Gasteiger partial charge on any atom is 0.0114 e. The third kappa shape index (κ3) is 1.23. The molecule has 0 saturated carbocycles. The Kier molecular flexibility index (Phi) is 2.37. The van der Waals surface area contributed by atoms with Crippen molar-refractivity contribution in [2.45, 2.75) is 32.9 Å². The second kappa shape index (κ2) is 3.25. The van der Waals surface area contributed by atoms with Crippen molar-refractivity contribution in [3.8, 4) is 0 Å². The number of fused-ring (bicyclic) bond motifs is 2. The zero-order valence-corrected chi connectivity index (χ0v) is 9.25. The van der Waals surface area contributed by atoms with Crippen LogP contribution in [0.4, 0.5) is 0 Å². The minimum absolute atomic E-state index is 0.795. The molecule has 2 nitrogen and oxygen atoms in total. The Hall–Kier alpha value is -0.0800. The molecule has 2 rings (SSSR count).